The third kappa shape index (κ3) is 3.07. The van der Waals surface area contributed by atoms with Crippen molar-refractivity contribution in [2.45, 2.75) is 11.4 Å². The maximum Gasteiger partial charge on any atom is 0.182 e. The summed E-state index contributed by atoms with van der Waals surface area (Å²) in [5, 5.41) is 0.453. The Bertz CT molecular complexity index is 728. The summed E-state index contributed by atoms with van der Waals surface area (Å²) in [6.45, 7) is 0.363. The molecule has 2 rings (SSSR count). The Morgan fingerprint density at radius 2 is 2.15 bits per heavy atom. The number of hydrogen-bond donors (Lipinski definition) is 1. The number of aromatic nitrogens is 1. The van der Waals surface area contributed by atoms with Gasteiger partial charge in [-0.05, 0) is 29.2 Å². The Morgan fingerprint density at radius 3 is 2.75 bits per heavy atom. The molecule has 2 aromatic rings. The van der Waals surface area contributed by atoms with E-state index in [-0.39, 0.29) is 16.5 Å². The van der Waals surface area contributed by atoms with Crippen LogP contribution in [0.15, 0.2) is 29.2 Å². The second-order valence-electron chi connectivity index (χ2n) is 4.46. The summed E-state index contributed by atoms with van der Waals surface area (Å²) in [4.78, 5) is 1.72. The summed E-state index contributed by atoms with van der Waals surface area (Å²) in [6.07, 6.45) is 1.09. The van der Waals surface area contributed by atoms with Crippen LogP contribution in [-0.2, 0) is 16.4 Å². The molecule has 0 aliphatic carbocycles. The summed E-state index contributed by atoms with van der Waals surface area (Å²) in [5.74, 6) is -0.332. The zero-order valence-electron chi connectivity index (χ0n) is 11.0. The van der Waals surface area contributed by atoms with Gasteiger partial charge in [-0.1, -0.05) is 12.1 Å². The van der Waals surface area contributed by atoms with Crippen LogP contribution in [0.3, 0.4) is 0 Å². The van der Waals surface area contributed by atoms with Gasteiger partial charge in [0.25, 0.3) is 0 Å². The van der Waals surface area contributed by atoms with Crippen molar-refractivity contribution in [2.24, 2.45) is 0 Å². The number of anilines is 2. The Kier molecular flexibility index (Phi) is 3.96. The minimum atomic E-state index is -3.46. The zero-order chi connectivity index (χ0) is 14.9. The van der Waals surface area contributed by atoms with E-state index < -0.39 is 9.84 Å². The Morgan fingerprint density at radius 1 is 1.45 bits per heavy atom. The molecule has 0 unspecified atom stereocenters. The predicted molar refractivity (Wildman–Crippen MR) is 78.1 cm³/mol. The lowest BCUT2D eigenvalue weighted by molar-refractivity contribution is 0.602. The van der Waals surface area contributed by atoms with Gasteiger partial charge in [0.2, 0.25) is 0 Å². The molecule has 108 valence electrons. The van der Waals surface area contributed by atoms with Crippen molar-refractivity contribution in [2.75, 3.05) is 23.9 Å². The van der Waals surface area contributed by atoms with Gasteiger partial charge in [0.15, 0.2) is 15.7 Å². The Labute approximate surface area is 120 Å². The maximum atomic E-state index is 13.1. The molecule has 0 fully saturated rings. The van der Waals surface area contributed by atoms with Crippen molar-refractivity contribution in [3.8, 4) is 0 Å². The number of rotatable bonds is 4. The Balaban J connectivity index is 2.33. The molecular formula is C12H14FN3O2S2. The minimum absolute atomic E-state index is 0.00130. The normalized spacial score (nSPS) is 11.6. The van der Waals surface area contributed by atoms with Gasteiger partial charge >= 0.3 is 0 Å². The largest absolute Gasteiger partial charge is 0.382 e. The molecule has 0 amide bonds. The average Bonchev–Trinajstić information content (AvgIpc) is 2.71. The van der Waals surface area contributed by atoms with Crippen LogP contribution in [0.25, 0.3) is 0 Å². The smallest absolute Gasteiger partial charge is 0.182 e. The highest BCUT2D eigenvalue weighted by atomic mass is 32.2. The standard InChI is InChI=1S/C12H14FN3O2S2/c1-16(7-8-4-3-5-9(13)6-8)12-10(20(2,17)18)11(14)15-19-12/h3-6H,7H2,1-2H3,(H2,14,15). The molecule has 1 heterocycles. The molecule has 0 saturated heterocycles. The number of nitrogen functional groups attached to an aromatic ring is 1. The number of sulfone groups is 1. The molecular weight excluding hydrogens is 301 g/mol. The second-order valence-corrected chi connectivity index (χ2v) is 7.16. The molecule has 20 heavy (non-hydrogen) atoms. The van der Waals surface area contributed by atoms with Crippen molar-refractivity contribution in [1.29, 1.82) is 0 Å². The molecule has 5 nitrogen and oxygen atoms in total. The second kappa shape index (κ2) is 5.37. The SMILES string of the molecule is CN(Cc1cccc(F)c1)c1snc(N)c1S(C)(=O)=O. The quantitative estimate of drug-likeness (QED) is 0.932. The van der Waals surface area contributed by atoms with E-state index in [0.717, 1.165) is 23.4 Å². The number of nitrogens with zero attached hydrogens (tertiary/aromatic N) is 2. The first-order valence-corrected chi connectivity index (χ1v) is 8.36. The van der Waals surface area contributed by atoms with Crippen molar-refractivity contribution in [3.63, 3.8) is 0 Å². The molecule has 2 N–H and O–H groups in total. The molecule has 0 spiro atoms. The molecule has 0 saturated carbocycles. The lowest BCUT2D eigenvalue weighted by Crippen LogP contribution is -2.18. The number of hydrogen-bond acceptors (Lipinski definition) is 6. The molecule has 1 aromatic heterocycles. The summed E-state index contributed by atoms with van der Waals surface area (Å²) in [5.41, 5.74) is 6.35. The van der Waals surface area contributed by atoms with Gasteiger partial charge in [0.05, 0.1) is 0 Å². The third-order valence-corrected chi connectivity index (χ3v) is 4.93. The fourth-order valence-corrected chi connectivity index (χ4v) is 4.05. The van der Waals surface area contributed by atoms with E-state index in [1.807, 2.05) is 0 Å². The van der Waals surface area contributed by atoms with Crippen molar-refractivity contribution in [3.05, 3.63) is 35.6 Å². The highest BCUT2D eigenvalue weighted by Gasteiger charge is 2.23. The molecule has 0 aliphatic rings. The number of benzene rings is 1. The van der Waals surface area contributed by atoms with Crippen molar-refractivity contribution < 1.29 is 12.8 Å². The molecule has 1 aromatic carbocycles. The van der Waals surface area contributed by atoms with Crippen LogP contribution >= 0.6 is 11.5 Å². The summed E-state index contributed by atoms with van der Waals surface area (Å²) < 4.78 is 40.5. The van der Waals surface area contributed by atoms with E-state index in [0.29, 0.717) is 11.5 Å². The minimum Gasteiger partial charge on any atom is -0.382 e. The summed E-state index contributed by atoms with van der Waals surface area (Å²) in [6, 6.07) is 6.14. The molecule has 0 radical (unpaired) electrons. The lowest BCUT2D eigenvalue weighted by Gasteiger charge is -2.18. The lowest BCUT2D eigenvalue weighted by atomic mass is 10.2. The van der Waals surface area contributed by atoms with Gasteiger partial charge in [0.1, 0.15) is 15.7 Å². The monoisotopic (exact) mass is 315 g/mol. The van der Waals surface area contributed by atoms with Gasteiger partial charge in [-0.25, -0.2) is 12.8 Å². The molecule has 8 heteroatoms. The van der Waals surface area contributed by atoms with E-state index >= 15 is 0 Å². The van der Waals surface area contributed by atoms with Gasteiger partial charge in [-0.2, -0.15) is 4.37 Å². The molecule has 0 aliphatic heterocycles. The Hall–Kier alpha value is -1.67. The molecule has 0 atom stereocenters. The van der Waals surface area contributed by atoms with Gasteiger partial charge in [0, 0.05) is 19.8 Å². The van der Waals surface area contributed by atoms with E-state index in [9.17, 15) is 12.8 Å². The topological polar surface area (TPSA) is 76.3 Å². The fraction of sp³-hybridized carbons (Fsp3) is 0.250. The average molecular weight is 315 g/mol. The van der Waals surface area contributed by atoms with E-state index in [1.54, 1.807) is 24.1 Å². The zero-order valence-corrected chi connectivity index (χ0v) is 12.6. The first-order valence-electron chi connectivity index (χ1n) is 5.70. The van der Waals surface area contributed by atoms with Crippen LogP contribution in [0.2, 0.25) is 0 Å². The predicted octanol–water partition coefficient (Wildman–Crippen LogP) is 1.90. The molecule has 0 bridgehead atoms. The van der Waals surface area contributed by atoms with Gasteiger partial charge < -0.3 is 10.6 Å². The first kappa shape index (κ1) is 14.7. The third-order valence-electron chi connectivity index (χ3n) is 2.68. The van der Waals surface area contributed by atoms with Crippen molar-refractivity contribution in [1.82, 2.24) is 4.37 Å². The van der Waals surface area contributed by atoms with E-state index in [4.69, 9.17) is 5.73 Å². The van der Waals surface area contributed by atoms with Gasteiger partial charge in [-0.3, -0.25) is 0 Å². The van der Waals surface area contributed by atoms with Crippen molar-refractivity contribution >= 4 is 32.2 Å². The fourth-order valence-electron chi connectivity index (χ4n) is 1.86. The van der Waals surface area contributed by atoms with Crippen LogP contribution in [0, 0.1) is 5.82 Å². The van der Waals surface area contributed by atoms with Crippen LogP contribution in [-0.4, -0.2) is 26.1 Å². The van der Waals surface area contributed by atoms with Crippen LogP contribution in [0.4, 0.5) is 15.2 Å². The first-order chi connectivity index (χ1) is 9.29. The summed E-state index contributed by atoms with van der Waals surface area (Å²) >= 11 is 1.01. The van der Waals surface area contributed by atoms with Crippen LogP contribution in [0.5, 0.6) is 0 Å². The highest BCUT2D eigenvalue weighted by Crippen LogP contribution is 2.34. The maximum absolute atomic E-state index is 13.1. The van der Waals surface area contributed by atoms with Crippen LogP contribution in [0.1, 0.15) is 5.56 Å². The van der Waals surface area contributed by atoms with Gasteiger partial charge in [-0.15, -0.1) is 0 Å². The number of halogens is 1. The summed E-state index contributed by atoms with van der Waals surface area (Å²) in [7, 11) is -1.74. The van der Waals surface area contributed by atoms with E-state index in [1.165, 1.54) is 12.1 Å². The van der Waals surface area contributed by atoms with Crippen LogP contribution < -0.4 is 10.6 Å². The van der Waals surface area contributed by atoms with E-state index in [2.05, 4.69) is 4.37 Å². The highest BCUT2D eigenvalue weighted by molar-refractivity contribution is 7.91. The number of nitrogens with two attached hydrogens (primary N) is 1.